The molecule has 0 aromatic heterocycles. The van der Waals surface area contributed by atoms with Crippen LogP contribution in [0.2, 0.25) is 0 Å². The molecule has 1 aromatic rings. The van der Waals surface area contributed by atoms with E-state index in [1.165, 1.54) is 18.2 Å². The number of rotatable bonds is 2. The van der Waals surface area contributed by atoms with Crippen molar-refractivity contribution in [3.05, 3.63) is 24.3 Å². The Morgan fingerprint density at radius 2 is 2.25 bits per heavy atom. The number of hydrogen-bond acceptors (Lipinski definition) is 4. The molecule has 5 heteroatoms. The third-order valence-electron chi connectivity index (χ3n) is 1.04. The molecule has 0 heterocycles. The molecule has 0 bridgehead atoms. The lowest BCUT2D eigenvalue weighted by molar-refractivity contribution is 0.493. The van der Waals surface area contributed by atoms with E-state index in [4.69, 9.17) is 5.73 Å². The number of nitrogen functional groups attached to an aromatic ring is 1. The molecule has 0 spiro atoms. The predicted octanol–water partition coefficient (Wildman–Crippen LogP) is 0.407. The summed E-state index contributed by atoms with van der Waals surface area (Å²) in [5.41, 5.74) is 5.69. The number of nitrogens with two attached hydrogens (primary N) is 1. The van der Waals surface area contributed by atoms with E-state index in [-0.39, 0.29) is 5.75 Å². The Hall–Kier alpha value is -1.23. The first-order valence-electron chi connectivity index (χ1n) is 3.14. The minimum atomic E-state index is -3.46. The van der Waals surface area contributed by atoms with E-state index in [9.17, 15) is 8.42 Å². The van der Waals surface area contributed by atoms with Gasteiger partial charge in [-0.05, 0) is 12.1 Å². The number of hydrogen-bond donors (Lipinski definition) is 1. The highest BCUT2D eigenvalue weighted by Crippen LogP contribution is 2.15. The lowest BCUT2D eigenvalue weighted by atomic mass is 10.3. The van der Waals surface area contributed by atoms with Gasteiger partial charge in [0.15, 0.2) is 0 Å². The van der Waals surface area contributed by atoms with Gasteiger partial charge in [0.1, 0.15) is 5.75 Å². The van der Waals surface area contributed by atoms with E-state index < -0.39 is 10.1 Å². The van der Waals surface area contributed by atoms with Crippen LogP contribution in [0.1, 0.15) is 0 Å². The molecular formula is C7H8NO3S. The molecule has 0 unspecified atom stereocenters. The second kappa shape index (κ2) is 3.02. The summed E-state index contributed by atoms with van der Waals surface area (Å²) in [6.07, 6.45) is 0.972. The lowest BCUT2D eigenvalue weighted by Gasteiger charge is -2.01. The highest BCUT2D eigenvalue weighted by atomic mass is 32.2. The largest absolute Gasteiger partial charge is 0.398 e. The van der Waals surface area contributed by atoms with Crippen LogP contribution in [0.15, 0.2) is 18.2 Å². The summed E-state index contributed by atoms with van der Waals surface area (Å²) >= 11 is 0. The highest BCUT2D eigenvalue weighted by Gasteiger charge is 2.03. The van der Waals surface area contributed by atoms with Gasteiger partial charge in [-0.2, -0.15) is 8.42 Å². The number of anilines is 1. The first-order valence-corrected chi connectivity index (χ1v) is 4.96. The van der Waals surface area contributed by atoms with E-state index in [0.29, 0.717) is 5.69 Å². The maximum absolute atomic E-state index is 10.6. The summed E-state index contributed by atoms with van der Waals surface area (Å²) in [6.45, 7) is 0. The minimum Gasteiger partial charge on any atom is -0.398 e. The Bertz CT molecular complexity index is 372. The monoisotopic (exact) mass is 186 g/mol. The van der Waals surface area contributed by atoms with Gasteiger partial charge in [-0.3, -0.25) is 0 Å². The molecule has 0 saturated heterocycles. The van der Waals surface area contributed by atoms with E-state index in [1.807, 2.05) is 0 Å². The summed E-state index contributed by atoms with van der Waals surface area (Å²) < 4.78 is 25.8. The summed E-state index contributed by atoms with van der Waals surface area (Å²) in [5, 5.41) is 0. The normalized spacial score (nSPS) is 11.1. The molecule has 1 rings (SSSR count). The van der Waals surface area contributed by atoms with Gasteiger partial charge < -0.3 is 9.92 Å². The molecule has 0 aliphatic heterocycles. The average Bonchev–Trinajstić information content (AvgIpc) is 1.82. The third kappa shape index (κ3) is 2.79. The zero-order valence-electron chi connectivity index (χ0n) is 6.44. The quantitative estimate of drug-likeness (QED) is 0.536. The van der Waals surface area contributed by atoms with Gasteiger partial charge in [-0.15, -0.1) is 0 Å². The van der Waals surface area contributed by atoms with Crippen molar-refractivity contribution in [2.75, 3.05) is 12.0 Å². The molecule has 0 atom stereocenters. The van der Waals surface area contributed by atoms with Crippen LogP contribution in [0.4, 0.5) is 5.69 Å². The molecule has 1 aromatic carbocycles. The van der Waals surface area contributed by atoms with Crippen molar-refractivity contribution in [1.82, 2.24) is 0 Å². The zero-order chi connectivity index (χ0) is 9.19. The molecule has 0 saturated carbocycles. The Morgan fingerprint density at radius 3 is 2.75 bits per heavy atom. The van der Waals surface area contributed by atoms with E-state index in [1.54, 1.807) is 0 Å². The Kier molecular flexibility index (Phi) is 2.23. The van der Waals surface area contributed by atoms with Gasteiger partial charge >= 0.3 is 10.1 Å². The molecule has 2 N–H and O–H groups in total. The van der Waals surface area contributed by atoms with Gasteiger partial charge in [0.25, 0.3) is 0 Å². The van der Waals surface area contributed by atoms with Crippen LogP contribution in [0.5, 0.6) is 5.75 Å². The van der Waals surface area contributed by atoms with Gasteiger partial charge in [-0.1, -0.05) is 0 Å². The maximum atomic E-state index is 10.6. The molecule has 0 aliphatic rings. The average molecular weight is 186 g/mol. The second-order valence-electron chi connectivity index (χ2n) is 2.27. The fourth-order valence-electron chi connectivity index (χ4n) is 0.690. The van der Waals surface area contributed by atoms with Gasteiger partial charge in [0.05, 0.1) is 6.26 Å². The van der Waals surface area contributed by atoms with Crippen LogP contribution in [0.25, 0.3) is 0 Å². The summed E-state index contributed by atoms with van der Waals surface area (Å²) in [4.78, 5) is 0. The molecule has 0 aliphatic carbocycles. The van der Waals surface area contributed by atoms with Crippen molar-refractivity contribution >= 4 is 15.8 Å². The third-order valence-corrected chi connectivity index (χ3v) is 1.54. The molecule has 1 radical (unpaired) electrons. The fourth-order valence-corrected chi connectivity index (χ4v) is 1.14. The molecule has 65 valence electrons. The zero-order valence-corrected chi connectivity index (χ0v) is 7.26. The van der Waals surface area contributed by atoms with Crippen molar-refractivity contribution in [3.63, 3.8) is 0 Å². The van der Waals surface area contributed by atoms with Crippen LogP contribution >= 0.6 is 0 Å². The standard InChI is InChI=1S/C7H8NO3S/c1-12(9,10)11-7-4-2-3-6(8)5-7/h2,4-5H,8H2,1H3. The smallest absolute Gasteiger partial charge is 0.306 e. The van der Waals surface area contributed by atoms with E-state index in [0.717, 1.165) is 6.26 Å². The molecule has 4 nitrogen and oxygen atoms in total. The van der Waals surface area contributed by atoms with Crippen molar-refractivity contribution < 1.29 is 12.6 Å². The molecule has 0 amide bonds. The van der Waals surface area contributed by atoms with Crippen molar-refractivity contribution in [1.29, 1.82) is 0 Å². The second-order valence-corrected chi connectivity index (χ2v) is 3.84. The maximum Gasteiger partial charge on any atom is 0.306 e. The highest BCUT2D eigenvalue weighted by molar-refractivity contribution is 7.86. The van der Waals surface area contributed by atoms with Gasteiger partial charge in [0.2, 0.25) is 0 Å². The summed E-state index contributed by atoms with van der Waals surface area (Å²) in [6, 6.07) is 7.02. The Balaban J connectivity index is 2.91. The lowest BCUT2D eigenvalue weighted by Crippen LogP contribution is -2.05. The van der Waals surface area contributed by atoms with Crippen LogP contribution in [-0.2, 0) is 10.1 Å². The Labute approximate surface area is 71.1 Å². The molecule has 12 heavy (non-hydrogen) atoms. The topological polar surface area (TPSA) is 69.4 Å². The van der Waals surface area contributed by atoms with Crippen molar-refractivity contribution in [2.45, 2.75) is 0 Å². The predicted molar refractivity (Wildman–Crippen MR) is 45.2 cm³/mol. The van der Waals surface area contributed by atoms with Crippen LogP contribution < -0.4 is 9.92 Å². The van der Waals surface area contributed by atoms with Crippen molar-refractivity contribution in [2.24, 2.45) is 0 Å². The van der Waals surface area contributed by atoms with Crippen LogP contribution in [0.3, 0.4) is 0 Å². The molecule has 0 fully saturated rings. The van der Waals surface area contributed by atoms with Gasteiger partial charge in [-0.25, -0.2) is 0 Å². The minimum absolute atomic E-state index is 0.203. The first-order chi connectivity index (χ1) is 5.47. The van der Waals surface area contributed by atoms with Gasteiger partial charge in [0, 0.05) is 17.8 Å². The van der Waals surface area contributed by atoms with E-state index in [2.05, 4.69) is 10.2 Å². The van der Waals surface area contributed by atoms with E-state index >= 15 is 0 Å². The van der Waals surface area contributed by atoms with Crippen LogP contribution in [0, 0.1) is 6.07 Å². The fraction of sp³-hybridized carbons (Fsp3) is 0.143. The SMILES string of the molecule is CS(=O)(=O)Oc1cc[c]c(N)c1. The Morgan fingerprint density at radius 1 is 1.58 bits per heavy atom. The summed E-state index contributed by atoms with van der Waals surface area (Å²) in [7, 11) is -3.46. The van der Waals surface area contributed by atoms with Crippen molar-refractivity contribution in [3.8, 4) is 5.75 Å². The molecular weight excluding hydrogens is 178 g/mol. The first kappa shape index (κ1) is 8.86. The number of benzene rings is 1. The summed E-state index contributed by atoms with van der Waals surface area (Å²) in [5.74, 6) is 0.203. The van der Waals surface area contributed by atoms with Crippen LogP contribution in [-0.4, -0.2) is 14.7 Å².